The molecule has 332 valence electrons. The normalized spacial score (nSPS) is 11.3. The van der Waals surface area contributed by atoms with Crippen LogP contribution >= 0.6 is 23.2 Å². The van der Waals surface area contributed by atoms with Crippen LogP contribution in [0.2, 0.25) is 10.0 Å². The molecule has 0 saturated carbocycles. The van der Waals surface area contributed by atoms with Crippen molar-refractivity contribution >= 4 is 58.4 Å². The first-order chi connectivity index (χ1) is 27.9. The third-order valence-electron chi connectivity index (χ3n) is 7.07. The van der Waals surface area contributed by atoms with E-state index in [0.29, 0.717) is 51.1 Å². The Kier molecular flexibility index (Phi) is 17.9. The smallest absolute Gasteiger partial charge is 0.337 e. The summed E-state index contributed by atoms with van der Waals surface area (Å²) < 4.78 is 32.7. The zero-order chi connectivity index (χ0) is 46.7. The Morgan fingerprint density at radius 2 is 0.869 bits per heavy atom. The first-order valence-corrected chi connectivity index (χ1v) is 19.8. The van der Waals surface area contributed by atoms with E-state index in [4.69, 9.17) is 53.0 Å². The number of nitrogens with two attached hydrogens (primary N) is 1. The maximum Gasteiger partial charge on any atom is 0.337 e. The Morgan fingerprint density at radius 1 is 0.525 bits per heavy atom. The minimum Gasteiger partial charge on any atom is -0.484 e. The minimum atomic E-state index is -1.06. The summed E-state index contributed by atoms with van der Waals surface area (Å²) in [6.07, 6.45) is 0. The molecule has 0 unspecified atom stereocenters. The number of carbonyl (C=O) groups is 4. The highest BCUT2D eigenvalue weighted by molar-refractivity contribution is 6.33. The number of esters is 2. The van der Waals surface area contributed by atoms with Crippen molar-refractivity contribution in [2.75, 3.05) is 25.3 Å². The van der Waals surface area contributed by atoms with Gasteiger partial charge in [-0.25, -0.2) is 14.4 Å². The minimum absolute atomic E-state index is 0.0653. The van der Waals surface area contributed by atoms with Crippen molar-refractivity contribution in [1.29, 1.82) is 0 Å². The lowest BCUT2D eigenvalue weighted by molar-refractivity contribution is 0.0592. The monoisotopic (exact) mass is 884 g/mol. The van der Waals surface area contributed by atoms with Gasteiger partial charge in [0.15, 0.2) is 23.0 Å². The van der Waals surface area contributed by atoms with Gasteiger partial charge in [0.05, 0.1) is 41.0 Å². The average Bonchev–Trinajstić information content (AvgIpc) is 3.12. The van der Waals surface area contributed by atoms with Crippen LogP contribution in [0.15, 0.2) is 72.8 Å². The van der Waals surface area contributed by atoms with Gasteiger partial charge in [-0.05, 0) is 156 Å². The number of aromatic carboxylic acids is 1. The van der Waals surface area contributed by atoms with E-state index in [1.54, 1.807) is 54.6 Å². The lowest BCUT2D eigenvalue weighted by Gasteiger charge is -2.28. The molecule has 4 aromatic rings. The number of carboxylic acid groups (broad SMARTS) is 1. The molecule has 0 aliphatic heterocycles. The highest BCUT2D eigenvalue weighted by Gasteiger charge is 2.26. The Bertz CT molecular complexity index is 2140. The molecule has 4 rings (SSSR count). The van der Waals surface area contributed by atoms with E-state index in [2.05, 4.69) is 14.8 Å². The van der Waals surface area contributed by atoms with Crippen LogP contribution in [0.5, 0.6) is 23.0 Å². The van der Waals surface area contributed by atoms with Crippen molar-refractivity contribution < 1.29 is 52.7 Å². The number of hydrogen-bond acceptors (Lipinski definition) is 11. The maximum absolute atomic E-state index is 12.8. The van der Waals surface area contributed by atoms with Gasteiger partial charge in [0, 0.05) is 16.9 Å². The third-order valence-corrected chi connectivity index (χ3v) is 7.63. The summed E-state index contributed by atoms with van der Waals surface area (Å²) in [6.45, 7) is 22.7. The molecule has 0 saturated heterocycles. The first-order valence-electron chi connectivity index (χ1n) is 19.0. The highest BCUT2D eigenvalue weighted by atomic mass is 35.5. The predicted octanol–water partition coefficient (Wildman–Crippen LogP) is 11.2. The molecule has 0 aliphatic carbocycles. The molecule has 61 heavy (non-hydrogen) atoms. The van der Waals surface area contributed by atoms with Crippen LogP contribution in [-0.4, -0.2) is 65.5 Å². The Labute approximate surface area is 368 Å². The molecule has 1 amide bonds. The van der Waals surface area contributed by atoms with Gasteiger partial charge < -0.3 is 44.6 Å². The second kappa shape index (κ2) is 21.2. The molecule has 0 atom stereocenters. The van der Waals surface area contributed by atoms with Gasteiger partial charge in [-0.2, -0.15) is 0 Å². The first kappa shape index (κ1) is 51.5. The zero-order valence-corrected chi connectivity index (χ0v) is 38.8. The van der Waals surface area contributed by atoms with Gasteiger partial charge in [-0.1, -0.05) is 23.2 Å². The zero-order valence-electron chi connectivity index (χ0n) is 37.3. The number of carbonyl (C=O) groups excluding carboxylic acids is 3. The van der Waals surface area contributed by atoms with Gasteiger partial charge >= 0.3 is 17.9 Å². The number of ether oxygens (including phenoxy) is 6. The van der Waals surface area contributed by atoms with Crippen LogP contribution in [0.3, 0.4) is 0 Å². The van der Waals surface area contributed by atoms with E-state index in [1.807, 2.05) is 83.1 Å². The van der Waals surface area contributed by atoms with Gasteiger partial charge in [-0.3, -0.25) is 4.79 Å². The standard InChI is InChI=1S/C23H28ClNO5.C15H21ClO4.C8H9NO2/c1-22(2,3)29-18-13-15(12-17(24)19(18)30-23(4,5)6)20(26)25-16-10-8-14(9-11-16)21(27)28-7;1-14(2,3)19-11-8-9(13(17)18)7-10(16)12(11)20-15(4,5)6;1-11-8(10)6-2-4-7(9)5-3-6/h8-13H,1-7H3,(H,25,26);7-8H,1-6H3,(H,17,18);2-5H,9H2,1H3. The SMILES string of the molecule is CC(C)(C)Oc1cc(C(=O)O)cc(Cl)c1OC(C)(C)C.COC(=O)c1ccc(N)cc1.COC(=O)c1ccc(NC(=O)c2cc(Cl)c(OC(C)(C)C)c(OC(C)(C)C)c2)cc1. The molecule has 0 fully saturated rings. The Hall–Kier alpha value is -5.66. The van der Waals surface area contributed by atoms with Crippen LogP contribution in [0.4, 0.5) is 11.4 Å². The summed E-state index contributed by atoms with van der Waals surface area (Å²) in [4.78, 5) is 46.3. The van der Waals surface area contributed by atoms with Gasteiger partial charge in [0.1, 0.15) is 22.4 Å². The van der Waals surface area contributed by atoms with Crippen LogP contribution in [0.25, 0.3) is 0 Å². The maximum atomic E-state index is 12.8. The molecule has 13 nitrogen and oxygen atoms in total. The van der Waals surface area contributed by atoms with Crippen LogP contribution in [0, 0.1) is 0 Å². The second-order valence-corrected chi connectivity index (χ2v) is 18.2. The molecule has 4 aromatic carbocycles. The van der Waals surface area contributed by atoms with E-state index in [1.165, 1.54) is 32.4 Å². The Morgan fingerprint density at radius 3 is 1.21 bits per heavy atom. The second-order valence-electron chi connectivity index (χ2n) is 17.4. The summed E-state index contributed by atoms with van der Waals surface area (Å²) in [7, 11) is 2.66. The number of anilines is 2. The van der Waals surface area contributed by atoms with E-state index in [-0.39, 0.29) is 27.5 Å². The molecule has 0 bridgehead atoms. The van der Waals surface area contributed by atoms with Crippen molar-refractivity contribution in [1.82, 2.24) is 0 Å². The van der Waals surface area contributed by atoms with Crippen molar-refractivity contribution in [3.63, 3.8) is 0 Å². The number of rotatable bonds is 9. The quantitative estimate of drug-likeness (QED) is 0.107. The fraction of sp³-hybridized carbons (Fsp3) is 0.391. The fourth-order valence-corrected chi connectivity index (χ4v) is 5.26. The Balaban J connectivity index is 0.000000353. The lowest BCUT2D eigenvalue weighted by Crippen LogP contribution is -2.27. The summed E-state index contributed by atoms with van der Waals surface area (Å²) in [5.74, 6) is -0.759. The summed E-state index contributed by atoms with van der Waals surface area (Å²) in [6, 6.07) is 18.9. The molecular formula is C46H58Cl2N2O11. The molecule has 0 spiro atoms. The van der Waals surface area contributed by atoms with Crippen LogP contribution < -0.4 is 30.0 Å². The van der Waals surface area contributed by atoms with Crippen molar-refractivity contribution in [3.8, 4) is 23.0 Å². The number of nitrogen functional groups attached to an aromatic ring is 1. The molecule has 15 heteroatoms. The molecular weight excluding hydrogens is 827 g/mol. The van der Waals surface area contributed by atoms with Crippen molar-refractivity contribution in [2.45, 2.75) is 105 Å². The van der Waals surface area contributed by atoms with E-state index in [0.717, 1.165) is 0 Å². The third kappa shape index (κ3) is 18.2. The fourth-order valence-electron chi connectivity index (χ4n) is 4.76. The number of nitrogens with one attached hydrogen (secondary N) is 1. The number of hydrogen-bond donors (Lipinski definition) is 3. The average molecular weight is 886 g/mol. The summed E-state index contributed by atoms with van der Waals surface area (Å²) in [5, 5.41) is 12.4. The molecule has 0 aliphatic rings. The van der Waals surface area contributed by atoms with Crippen LogP contribution in [0.1, 0.15) is 125 Å². The summed E-state index contributed by atoms with van der Waals surface area (Å²) >= 11 is 12.6. The lowest BCUT2D eigenvalue weighted by atomic mass is 10.1. The number of methoxy groups -OCH3 is 2. The van der Waals surface area contributed by atoms with Gasteiger partial charge in [-0.15, -0.1) is 0 Å². The largest absolute Gasteiger partial charge is 0.484 e. The van der Waals surface area contributed by atoms with E-state index < -0.39 is 34.3 Å². The number of benzene rings is 4. The van der Waals surface area contributed by atoms with E-state index in [9.17, 15) is 19.2 Å². The topological polar surface area (TPSA) is 182 Å². The number of carboxylic acids is 1. The highest BCUT2D eigenvalue weighted by Crippen LogP contribution is 2.42. The molecule has 0 aromatic heterocycles. The molecule has 0 heterocycles. The van der Waals surface area contributed by atoms with E-state index >= 15 is 0 Å². The molecule has 4 N–H and O–H groups in total. The van der Waals surface area contributed by atoms with Crippen LogP contribution in [-0.2, 0) is 9.47 Å². The van der Waals surface area contributed by atoms with Crippen molar-refractivity contribution in [2.24, 2.45) is 0 Å². The van der Waals surface area contributed by atoms with Gasteiger partial charge in [0.2, 0.25) is 0 Å². The summed E-state index contributed by atoms with van der Waals surface area (Å²) in [5.41, 5.74) is 5.90. The van der Waals surface area contributed by atoms with Gasteiger partial charge in [0.25, 0.3) is 5.91 Å². The number of halogens is 2. The van der Waals surface area contributed by atoms with Crippen molar-refractivity contribution in [3.05, 3.63) is 105 Å². The molecule has 0 radical (unpaired) electrons. The number of amides is 1. The predicted molar refractivity (Wildman–Crippen MR) is 239 cm³/mol.